The highest BCUT2D eigenvalue weighted by molar-refractivity contribution is 7.07. The third-order valence-electron chi connectivity index (χ3n) is 4.71. The number of amides is 1. The molecule has 0 bridgehead atoms. The van der Waals surface area contributed by atoms with Crippen LogP contribution in [0.25, 0.3) is 0 Å². The Labute approximate surface area is 167 Å². The molecule has 0 unspecified atom stereocenters. The highest BCUT2D eigenvalue weighted by Crippen LogP contribution is 2.20. The van der Waals surface area contributed by atoms with E-state index in [0.29, 0.717) is 31.0 Å². The van der Waals surface area contributed by atoms with Gasteiger partial charge in [-0.3, -0.25) is 4.79 Å². The van der Waals surface area contributed by atoms with E-state index in [9.17, 15) is 9.18 Å². The van der Waals surface area contributed by atoms with Gasteiger partial charge in [-0.1, -0.05) is 6.07 Å². The van der Waals surface area contributed by atoms with Crippen molar-refractivity contribution in [3.8, 4) is 5.75 Å². The van der Waals surface area contributed by atoms with E-state index in [2.05, 4.69) is 9.88 Å². The zero-order valence-corrected chi connectivity index (χ0v) is 16.1. The van der Waals surface area contributed by atoms with Crippen LogP contribution in [0.5, 0.6) is 5.75 Å². The molecular weight excluding hydrogens is 377 g/mol. The van der Waals surface area contributed by atoms with Crippen molar-refractivity contribution in [1.29, 1.82) is 0 Å². The normalized spacial score (nSPS) is 14.2. The maximum absolute atomic E-state index is 13.1. The molecule has 1 amide bonds. The number of aromatic nitrogens is 1. The number of hydrogen-bond donors (Lipinski definition) is 0. The van der Waals surface area contributed by atoms with Crippen LogP contribution in [0.15, 0.2) is 59.4 Å². The first-order valence-electron chi connectivity index (χ1n) is 9.09. The molecule has 0 radical (unpaired) electrons. The lowest BCUT2D eigenvalue weighted by Gasteiger charge is -2.36. The summed E-state index contributed by atoms with van der Waals surface area (Å²) in [7, 11) is 0. The van der Waals surface area contributed by atoms with Gasteiger partial charge in [0.05, 0.1) is 11.2 Å². The molecule has 1 aliphatic heterocycles. The number of carbonyl (C=O) groups excluding carboxylic acids is 1. The van der Waals surface area contributed by atoms with E-state index in [1.807, 2.05) is 28.5 Å². The Bertz CT molecular complexity index is 923. The molecule has 2 heterocycles. The smallest absolute Gasteiger partial charge is 0.254 e. The monoisotopic (exact) mass is 397 g/mol. The summed E-state index contributed by atoms with van der Waals surface area (Å²) >= 11 is 1.53. The number of benzene rings is 2. The topological polar surface area (TPSA) is 45.7 Å². The maximum Gasteiger partial charge on any atom is 0.254 e. The number of carbonyl (C=O) groups is 1. The summed E-state index contributed by atoms with van der Waals surface area (Å²) in [4.78, 5) is 21.1. The van der Waals surface area contributed by atoms with Crippen LogP contribution in [0.1, 0.15) is 16.1 Å². The predicted molar refractivity (Wildman–Crippen MR) is 107 cm³/mol. The molecule has 0 saturated carbocycles. The number of ether oxygens (including phenoxy) is 1. The van der Waals surface area contributed by atoms with Crippen molar-refractivity contribution in [3.05, 3.63) is 76.5 Å². The molecule has 0 spiro atoms. The molecular formula is C21H20FN3O2S. The lowest BCUT2D eigenvalue weighted by atomic mass is 10.1. The first-order valence-corrected chi connectivity index (χ1v) is 10.0. The molecule has 0 atom stereocenters. The number of anilines is 1. The quantitative estimate of drug-likeness (QED) is 0.657. The van der Waals surface area contributed by atoms with Gasteiger partial charge in [-0.25, -0.2) is 9.37 Å². The second-order valence-electron chi connectivity index (χ2n) is 6.55. The summed E-state index contributed by atoms with van der Waals surface area (Å²) in [6.45, 7) is 3.08. The predicted octanol–water partition coefficient (Wildman–Crippen LogP) is 3.82. The second kappa shape index (κ2) is 8.39. The summed E-state index contributed by atoms with van der Waals surface area (Å²) in [6, 6.07) is 13.7. The van der Waals surface area contributed by atoms with Gasteiger partial charge >= 0.3 is 0 Å². The van der Waals surface area contributed by atoms with Crippen LogP contribution >= 0.6 is 11.3 Å². The van der Waals surface area contributed by atoms with Crippen molar-refractivity contribution in [3.63, 3.8) is 0 Å². The summed E-state index contributed by atoms with van der Waals surface area (Å²) in [5.41, 5.74) is 4.24. The van der Waals surface area contributed by atoms with Crippen LogP contribution in [0.3, 0.4) is 0 Å². The van der Waals surface area contributed by atoms with E-state index in [0.717, 1.165) is 24.5 Å². The van der Waals surface area contributed by atoms with E-state index in [1.54, 1.807) is 23.7 Å². The van der Waals surface area contributed by atoms with Crippen molar-refractivity contribution in [2.75, 3.05) is 31.1 Å². The summed E-state index contributed by atoms with van der Waals surface area (Å²) in [5, 5.41) is 1.94. The molecule has 4 rings (SSSR count). The molecule has 0 N–H and O–H groups in total. The fraction of sp³-hybridized carbons (Fsp3) is 0.238. The average molecular weight is 397 g/mol. The Kier molecular flexibility index (Phi) is 5.53. The summed E-state index contributed by atoms with van der Waals surface area (Å²) in [6.07, 6.45) is 0. The molecule has 5 nitrogen and oxygen atoms in total. The Balaban J connectivity index is 1.35. The van der Waals surface area contributed by atoms with Gasteiger partial charge in [-0.2, -0.15) is 0 Å². The van der Waals surface area contributed by atoms with Gasteiger partial charge in [0.1, 0.15) is 18.2 Å². The van der Waals surface area contributed by atoms with Crippen LogP contribution in [0, 0.1) is 5.82 Å². The minimum absolute atomic E-state index is 0.00198. The van der Waals surface area contributed by atoms with Crippen LogP contribution < -0.4 is 9.64 Å². The Morgan fingerprint density at radius 1 is 1.11 bits per heavy atom. The Morgan fingerprint density at radius 3 is 2.61 bits per heavy atom. The number of hydrogen-bond acceptors (Lipinski definition) is 5. The molecule has 1 fully saturated rings. The molecule has 1 aliphatic rings. The zero-order chi connectivity index (χ0) is 19.3. The number of nitrogens with zero attached hydrogens (tertiary/aromatic N) is 3. The van der Waals surface area contributed by atoms with Gasteiger partial charge in [-0.15, -0.1) is 11.3 Å². The lowest BCUT2D eigenvalue weighted by Crippen LogP contribution is -2.48. The molecule has 2 aromatic carbocycles. The first-order chi connectivity index (χ1) is 13.7. The van der Waals surface area contributed by atoms with Gasteiger partial charge in [0.15, 0.2) is 0 Å². The summed E-state index contributed by atoms with van der Waals surface area (Å²) < 4.78 is 18.8. The van der Waals surface area contributed by atoms with Crippen molar-refractivity contribution < 1.29 is 13.9 Å². The second-order valence-corrected chi connectivity index (χ2v) is 7.27. The minimum atomic E-state index is -0.241. The Morgan fingerprint density at radius 2 is 1.89 bits per heavy atom. The lowest BCUT2D eigenvalue weighted by molar-refractivity contribution is 0.0746. The number of halogens is 1. The first kappa shape index (κ1) is 18.4. The number of thiazole rings is 1. The molecule has 0 aliphatic carbocycles. The molecule has 28 heavy (non-hydrogen) atoms. The molecule has 3 aromatic rings. The van der Waals surface area contributed by atoms with Crippen LogP contribution in [-0.4, -0.2) is 42.0 Å². The number of rotatable bonds is 5. The highest BCUT2D eigenvalue weighted by Gasteiger charge is 2.22. The van der Waals surface area contributed by atoms with Gasteiger partial charge in [-0.05, 0) is 42.5 Å². The van der Waals surface area contributed by atoms with E-state index < -0.39 is 0 Å². The fourth-order valence-corrected chi connectivity index (χ4v) is 3.73. The van der Waals surface area contributed by atoms with Gasteiger partial charge in [0, 0.05) is 42.8 Å². The van der Waals surface area contributed by atoms with E-state index in [1.165, 1.54) is 23.5 Å². The van der Waals surface area contributed by atoms with Crippen LogP contribution in [0.4, 0.5) is 10.1 Å². The van der Waals surface area contributed by atoms with Gasteiger partial charge < -0.3 is 14.5 Å². The van der Waals surface area contributed by atoms with E-state index in [-0.39, 0.29) is 11.7 Å². The highest BCUT2D eigenvalue weighted by atomic mass is 32.1. The average Bonchev–Trinajstić information content (AvgIpc) is 3.26. The third-order valence-corrected chi connectivity index (χ3v) is 5.35. The molecule has 144 valence electrons. The maximum atomic E-state index is 13.1. The Hall–Kier alpha value is -2.93. The van der Waals surface area contributed by atoms with Crippen molar-refractivity contribution in [2.24, 2.45) is 0 Å². The summed E-state index contributed by atoms with van der Waals surface area (Å²) in [5.74, 6) is 0.413. The van der Waals surface area contributed by atoms with Crippen LogP contribution in [-0.2, 0) is 6.61 Å². The minimum Gasteiger partial charge on any atom is -0.487 e. The fourth-order valence-electron chi connectivity index (χ4n) is 3.19. The van der Waals surface area contributed by atoms with Gasteiger partial charge in [0.2, 0.25) is 0 Å². The van der Waals surface area contributed by atoms with Gasteiger partial charge in [0.25, 0.3) is 5.91 Å². The van der Waals surface area contributed by atoms with Crippen molar-refractivity contribution in [2.45, 2.75) is 6.61 Å². The molecule has 1 saturated heterocycles. The number of piperazine rings is 1. The third kappa shape index (κ3) is 4.31. The standard InChI is InChI=1S/C21H20FN3O2S/c22-17-4-6-19(7-5-17)24-8-10-25(11-9-24)21(26)16-2-1-3-20(12-16)27-13-18-14-28-15-23-18/h1-7,12,14-15H,8-11,13H2. The molecule has 7 heteroatoms. The zero-order valence-electron chi connectivity index (χ0n) is 15.3. The SMILES string of the molecule is O=C(c1cccc(OCc2cscn2)c1)N1CCN(c2ccc(F)cc2)CC1. The molecule has 1 aromatic heterocycles. The van der Waals surface area contributed by atoms with Crippen molar-refractivity contribution >= 4 is 22.9 Å². The van der Waals surface area contributed by atoms with Crippen LogP contribution in [0.2, 0.25) is 0 Å². The largest absolute Gasteiger partial charge is 0.487 e. The van der Waals surface area contributed by atoms with Crippen molar-refractivity contribution in [1.82, 2.24) is 9.88 Å². The van der Waals surface area contributed by atoms with E-state index in [4.69, 9.17) is 4.74 Å². The van der Waals surface area contributed by atoms with E-state index >= 15 is 0 Å².